The number of β-amino-alcohol motifs (C(OH)–C–C–N with tert-alkyl or cyclic N) is 1. The van der Waals surface area contributed by atoms with E-state index in [9.17, 15) is 5.11 Å². The molecule has 0 aliphatic carbocycles. The Morgan fingerprint density at radius 3 is 2.18 bits per heavy atom. The van der Waals surface area contributed by atoms with E-state index >= 15 is 0 Å². The predicted octanol–water partition coefficient (Wildman–Crippen LogP) is 1.96. The lowest BCUT2D eigenvalue weighted by Gasteiger charge is -2.35. The first-order valence-electron chi connectivity index (χ1n) is 7.39. The summed E-state index contributed by atoms with van der Waals surface area (Å²) < 4.78 is 0. The Morgan fingerprint density at radius 1 is 0.941 bits per heavy atom. The van der Waals surface area contributed by atoms with Crippen LogP contribution in [0.3, 0.4) is 0 Å². The van der Waals surface area contributed by atoms with E-state index in [0.29, 0.717) is 0 Å². The summed E-state index contributed by atoms with van der Waals surface area (Å²) in [6.07, 6.45) is 6.17. The van der Waals surface area contributed by atoms with Crippen molar-refractivity contribution in [2.24, 2.45) is 0 Å². The number of hydrogen-bond acceptors (Lipinski definition) is 3. The van der Waals surface area contributed by atoms with Gasteiger partial charge >= 0.3 is 0 Å². The Hall–Kier alpha value is -0.120. The third-order valence-electron chi connectivity index (χ3n) is 3.73. The van der Waals surface area contributed by atoms with Crippen molar-refractivity contribution in [3.8, 4) is 0 Å². The lowest BCUT2D eigenvalue weighted by Crippen LogP contribution is -2.48. The van der Waals surface area contributed by atoms with E-state index in [0.717, 1.165) is 26.1 Å². The van der Waals surface area contributed by atoms with Crippen molar-refractivity contribution < 1.29 is 5.11 Å². The minimum atomic E-state index is -0.133. The van der Waals surface area contributed by atoms with E-state index in [1.165, 1.54) is 45.3 Å². The lowest BCUT2D eigenvalue weighted by atomic mass is 10.2. The average Bonchev–Trinajstić information content (AvgIpc) is 2.36. The summed E-state index contributed by atoms with van der Waals surface area (Å²) >= 11 is 0. The van der Waals surface area contributed by atoms with Gasteiger partial charge in [-0.05, 0) is 19.4 Å². The van der Waals surface area contributed by atoms with E-state index in [1.807, 2.05) is 0 Å². The van der Waals surface area contributed by atoms with Crippen LogP contribution in [0.15, 0.2) is 0 Å². The van der Waals surface area contributed by atoms with Gasteiger partial charge in [0.2, 0.25) is 0 Å². The Bertz CT molecular complexity index is 179. The first kappa shape index (κ1) is 14.9. The highest BCUT2D eigenvalue weighted by Gasteiger charge is 2.17. The molecule has 0 aromatic heterocycles. The summed E-state index contributed by atoms with van der Waals surface area (Å²) in [4.78, 5) is 4.97. The standard InChI is InChI=1S/C14H30N2O/c1-3-5-6-7-8-15-9-11-16(12-10-15)13-14(17)4-2/h14,17H,3-13H2,1-2H3. The fourth-order valence-corrected chi connectivity index (χ4v) is 2.38. The number of unbranched alkanes of at least 4 members (excludes halogenated alkanes) is 3. The van der Waals surface area contributed by atoms with Crippen LogP contribution in [0.25, 0.3) is 0 Å². The molecule has 0 bridgehead atoms. The fraction of sp³-hybridized carbons (Fsp3) is 1.00. The first-order valence-corrected chi connectivity index (χ1v) is 7.39. The fourth-order valence-electron chi connectivity index (χ4n) is 2.38. The van der Waals surface area contributed by atoms with Gasteiger partial charge in [0.25, 0.3) is 0 Å². The molecule has 1 unspecified atom stereocenters. The van der Waals surface area contributed by atoms with E-state index in [4.69, 9.17) is 0 Å². The maximum Gasteiger partial charge on any atom is 0.0664 e. The Labute approximate surface area is 107 Å². The molecule has 1 N–H and O–H groups in total. The van der Waals surface area contributed by atoms with Gasteiger partial charge in [-0.2, -0.15) is 0 Å². The predicted molar refractivity (Wildman–Crippen MR) is 73.3 cm³/mol. The van der Waals surface area contributed by atoms with Crippen LogP contribution < -0.4 is 0 Å². The minimum absolute atomic E-state index is 0.133. The highest BCUT2D eigenvalue weighted by molar-refractivity contribution is 4.73. The number of aliphatic hydroxyl groups excluding tert-OH is 1. The Morgan fingerprint density at radius 2 is 1.59 bits per heavy atom. The summed E-state index contributed by atoms with van der Waals surface area (Å²) in [5.74, 6) is 0. The van der Waals surface area contributed by atoms with Gasteiger partial charge in [0.05, 0.1) is 6.10 Å². The van der Waals surface area contributed by atoms with Crippen LogP contribution in [-0.4, -0.2) is 60.3 Å². The highest BCUT2D eigenvalue weighted by atomic mass is 16.3. The van der Waals surface area contributed by atoms with Gasteiger partial charge in [-0.15, -0.1) is 0 Å². The van der Waals surface area contributed by atoms with Crippen molar-refractivity contribution in [3.05, 3.63) is 0 Å². The Balaban J connectivity index is 2.05. The highest BCUT2D eigenvalue weighted by Crippen LogP contribution is 2.06. The van der Waals surface area contributed by atoms with Crippen molar-refractivity contribution in [1.29, 1.82) is 0 Å². The summed E-state index contributed by atoms with van der Waals surface area (Å²) in [6, 6.07) is 0. The molecule has 1 aliphatic rings. The maximum absolute atomic E-state index is 9.62. The normalized spacial score (nSPS) is 20.6. The van der Waals surface area contributed by atoms with Crippen LogP contribution in [0.4, 0.5) is 0 Å². The molecule has 0 amide bonds. The van der Waals surface area contributed by atoms with Crippen molar-refractivity contribution >= 4 is 0 Å². The number of piperazine rings is 1. The van der Waals surface area contributed by atoms with Crippen molar-refractivity contribution in [1.82, 2.24) is 9.80 Å². The molecular formula is C14H30N2O. The number of aliphatic hydroxyl groups is 1. The van der Waals surface area contributed by atoms with Crippen molar-refractivity contribution in [3.63, 3.8) is 0 Å². The van der Waals surface area contributed by atoms with Crippen molar-refractivity contribution in [2.75, 3.05) is 39.3 Å². The minimum Gasteiger partial charge on any atom is -0.392 e. The number of nitrogens with zero attached hydrogens (tertiary/aromatic N) is 2. The second kappa shape index (κ2) is 8.90. The monoisotopic (exact) mass is 242 g/mol. The molecule has 0 spiro atoms. The van der Waals surface area contributed by atoms with Gasteiger partial charge in [-0.25, -0.2) is 0 Å². The van der Waals surface area contributed by atoms with Crippen LogP contribution >= 0.6 is 0 Å². The van der Waals surface area contributed by atoms with Crippen LogP contribution in [0.1, 0.15) is 46.0 Å². The summed E-state index contributed by atoms with van der Waals surface area (Å²) in [5, 5.41) is 9.62. The average molecular weight is 242 g/mol. The molecule has 0 aromatic carbocycles. The molecule has 3 heteroatoms. The zero-order valence-electron chi connectivity index (χ0n) is 11.7. The molecule has 1 atom stereocenters. The largest absolute Gasteiger partial charge is 0.392 e. The molecule has 0 radical (unpaired) electrons. The number of hydrogen-bond donors (Lipinski definition) is 1. The second-order valence-corrected chi connectivity index (χ2v) is 5.26. The third kappa shape index (κ3) is 6.39. The molecule has 1 aliphatic heterocycles. The lowest BCUT2D eigenvalue weighted by molar-refractivity contribution is 0.0705. The van der Waals surface area contributed by atoms with Gasteiger partial charge in [-0.3, -0.25) is 4.90 Å². The Kier molecular flexibility index (Phi) is 7.82. The van der Waals surface area contributed by atoms with E-state index in [-0.39, 0.29) is 6.10 Å². The van der Waals surface area contributed by atoms with Gasteiger partial charge < -0.3 is 10.0 Å². The third-order valence-corrected chi connectivity index (χ3v) is 3.73. The SMILES string of the molecule is CCCCCCN1CCN(CC(O)CC)CC1. The van der Waals surface area contributed by atoms with Crippen LogP contribution in [-0.2, 0) is 0 Å². The molecule has 1 heterocycles. The second-order valence-electron chi connectivity index (χ2n) is 5.26. The van der Waals surface area contributed by atoms with Gasteiger partial charge in [0, 0.05) is 32.7 Å². The van der Waals surface area contributed by atoms with Gasteiger partial charge in [-0.1, -0.05) is 33.1 Å². The van der Waals surface area contributed by atoms with Crippen LogP contribution in [0.5, 0.6) is 0 Å². The smallest absolute Gasteiger partial charge is 0.0664 e. The maximum atomic E-state index is 9.62. The van der Waals surface area contributed by atoms with Crippen molar-refractivity contribution in [2.45, 2.75) is 52.1 Å². The molecule has 1 saturated heterocycles. The van der Waals surface area contributed by atoms with E-state index < -0.39 is 0 Å². The molecule has 3 nitrogen and oxygen atoms in total. The summed E-state index contributed by atoms with van der Waals surface area (Å²) in [5.41, 5.74) is 0. The van der Waals surface area contributed by atoms with Gasteiger partial charge in [0.15, 0.2) is 0 Å². The molecule has 0 saturated carbocycles. The van der Waals surface area contributed by atoms with Crippen LogP contribution in [0.2, 0.25) is 0 Å². The van der Waals surface area contributed by atoms with Crippen LogP contribution in [0, 0.1) is 0 Å². The quantitative estimate of drug-likeness (QED) is 0.659. The molecule has 102 valence electrons. The number of rotatable bonds is 8. The first-order chi connectivity index (χ1) is 8.26. The molecule has 17 heavy (non-hydrogen) atoms. The van der Waals surface area contributed by atoms with Gasteiger partial charge in [0.1, 0.15) is 0 Å². The summed E-state index contributed by atoms with van der Waals surface area (Å²) in [6.45, 7) is 11.1. The molecule has 1 fully saturated rings. The molecular weight excluding hydrogens is 212 g/mol. The zero-order valence-corrected chi connectivity index (χ0v) is 11.7. The van der Waals surface area contributed by atoms with E-state index in [1.54, 1.807) is 0 Å². The molecule has 1 rings (SSSR count). The summed E-state index contributed by atoms with van der Waals surface area (Å²) in [7, 11) is 0. The topological polar surface area (TPSA) is 26.7 Å². The molecule has 0 aromatic rings. The van der Waals surface area contributed by atoms with E-state index in [2.05, 4.69) is 23.6 Å². The zero-order chi connectivity index (χ0) is 12.5.